The molecule has 1 heterocycles. The quantitative estimate of drug-likeness (QED) is 0.892. The number of benzene rings is 1. The van der Waals surface area contributed by atoms with E-state index in [1.54, 1.807) is 0 Å². The minimum Gasteiger partial charge on any atom is -0.330 e. The lowest BCUT2D eigenvalue weighted by Gasteiger charge is -2.50. The second-order valence-electron chi connectivity index (χ2n) is 6.15. The average molecular weight is 267 g/mol. The number of piperidine rings is 1. The lowest BCUT2D eigenvalue weighted by atomic mass is 9.67. The Morgan fingerprint density at radius 2 is 1.89 bits per heavy atom. The van der Waals surface area contributed by atoms with E-state index in [0.29, 0.717) is 6.54 Å². The molecule has 2 rings (SSSR count). The van der Waals surface area contributed by atoms with Crippen LogP contribution in [0.15, 0.2) is 24.3 Å². The molecule has 0 saturated carbocycles. The monoisotopic (exact) mass is 266 g/mol. The molecule has 0 radical (unpaired) electrons. The van der Waals surface area contributed by atoms with Crippen LogP contribution in [0.3, 0.4) is 0 Å². The third-order valence-corrected chi connectivity index (χ3v) is 4.83. The van der Waals surface area contributed by atoms with Crippen LogP contribution in [0.5, 0.6) is 0 Å². The van der Waals surface area contributed by atoms with Gasteiger partial charge in [0.2, 0.25) is 0 Å². The van der Waals surface area contributed by atoms with Crippen LogP contribution in [0, 0.1) is 0 Å². The van der Waals surface area contributed by atoms with Crippen LogP contribution >= 0.6 is 11.6 Å². The van der Waals surface area contributed by atoms with E-state index in [4.69, 9.17) is 17.3 Å². The molecule has 1 aliphatic rings. The summed E-state index contributed by atoms with van der Waals surface area (Å²) in [7, 11) is 2.20. The van der Waals surface area contributed by atoms with Crippen molar-refractivity contribution in [3.8, 4) is 0 Å². The van der Waals surface area contributed by atoms with Crippen LogP contribution in [0.1, 0.15) is 32.3 Å². The van der Waals surface area contributed by atoms with E-state index < -0.39 is 0 Å². The molecule has 0 aromatic heterocycles. The van der Waals surface area contributed by atoms with Gasteiger partial charge in [-0.15, -0.1) is 0 Å². The standard InChI is InChI=1S/C15H23ClN2/c1-14(2)10-15(11-17,8-9-18(14)3)12-4-6-13(16)7-5-12/h4-7H,8-11,17H2,1-3H3. The Labute approximate surface area is 115 Å². The number of rotatable bonds is 2. The lowest BCUT2D eigenvalue weighted by Crippen LogP contribution is -2.55. The van der Waals surface area contributed by atoms with Gasteiger partial charge in [-0.3, -0.25) is 0 Å². The average Bonchev–Trinajstić information content (AvgIpc) is 2.34. The van der Waals surface area contributed by atoms with Crippen molar-refractivity contribution < 1.29 is 0 Å². The largest absolute Gasteiger partial charge is 0.330 e. The van der Waals surface area contributed by atoms with Crippen molar-refractivity contribution in [1.82, 2.24) is 4.90 Å². The van der Waals surface area contributed by atoms with Crippen LogP contribution in [-0.2, 0) is 5.41 Å². The Hall–Kier alpha value is -0.570. The van der Waals surface area contributed by atoms with Gasteiger partial charge < -0.3 is 10.6 Å². The third-order valence-electron chi connectivity index (χ3n) is 4.58. The van der Waals surface area contributed by atoms with E-state index in [1.807, 2.05) is 12.1 Å². The van der Waals surface area contributed by atoms with E-state index >= 15 is 0 Å². The van der Waals surface area contributed by atoms with Gasteiger partial charge in [0.05, 0.1) is 0 Å². The molecular weight excluding hydrogens is 244 g/mol. The SMILES string of the molecule is CN1CCC(CN)(c2ccc(Cl)cc2)CC1(C)C. The van der Waals surface area contributed by atoms with Gasteiger partial charge in [0.25, 0.3) is 0 Å². The summed E-state index contributed by atoms with van der Waals surface area (Å²) >= 11 is 5.98. The Morgan fingerprint density at radius 1 is 1.28 bits per heavy atom. The molecule has 1 fully saturated rings. The predicted molar refractivity (Wildman–Crippen MR) is 78.1 cm³/mol. The molecule has 0 spiro atoms. The van der Waals surface area contributed by atoms with Crippen molar-refractivity contribution in [2.45, 2.75) is 37.6 Å². The first kappa shape index (κ1) is 13.9. The molecule has 18 heavy (non-hydrogen) atoms. The summed E-state index contributed by atoms with van der Waals surface area (Å²) in [5.41, 5.74) is 7.74. The van der Waals surface area contributed by atoms with Crippen LogP contribution in [0.2, 0.25) is 5.02 Å². The molecule has 0 amide bonds. The maximum Gasteiger partial charge on any atom is 0.0406 e. The van der Waals surface area contributed by atoms with Gasteiger partial charge in [0, 0.05) is 22.5 Å². The van der Waals surface area contributed by atoms with Crippen LogP contribution in [0.4, 0.5) is 0 Å². The molecule has 3 heteroatoms. The Morgan fingerprint density at radius 3 is 2.39 bits per heavy atom. The topological polar surface area (TPSA) is 29.3 Å². The highest BCUT2D eigenvalue weighted by molar-refractivity contribution is 6.30. The molecule has 0 aliphatic carbocycles. The minimum atomic E-state index is 0.0978. The number of halogens is 1. The highest BCUT2D eigenvalue weighted by Gasteiger charge is 2.42. The molecule has 100 valence electrons. The van der Waals surface area contributed by atoms with Crippen molar-refractivity contribution in [1.29, 1.82) is 0 Å². The van der Waals surface area contributed by atoms with Crippen molar-refractivity contribution in [2.24, 2.45) is 5.73 Å². The maximum absolute atomic E-state index is 6.12. The molecule has 1 aromatic carbocycles. The molecule has 1 aliphatic heterocycles. The summed E-state index contributed by atoms with van der Waals surface area (Å²) in [6, 6.07) is 8.21. The predicted octanol–water partition coefficient (Wildman–Crippen LogP) is 3.04. The molecule has 1 atom stereocenters. The zero-order chi connectivity index (χ0) is 13.4. The fraction of sp³-hybridized carbons (Fsp3) is 0.600. The smallest absolute Gasteiger partial charge is 0.0406 e. The van der Waals surface area contributed by atoms with E-state index in [-0.39, 0.29) is 11.0 Å². The second kappa shape index (κ2) is 4.84. The second-order valence-corrected chi connectivity index (χ2v) is 6.59. The summed E-state index contributed by atoms with van der Waals surface area (Å²) in [5, 5.41) is 0.790. The van der Waals surface area contributed by atoms with Crippen LogP contribution in [-0.4, -0.2) is 30.6 Å². The Kier molecular flexibility index (Phi) is 3.72. The van der Waals surface area contributed by atoms with Gasteiger partial charge in [0.1, 0.15) is 0 Å². The van der Waals surface area contributed by atoms with E-state index in [2.05, 4.69) is 37.9 Å². The van der Waals surface area contributed by atoms with Crippen molar-refractivity contribution in [3.63, 3.8) is 0 Å². The Bertz CT molecular complexity index is 413. The van der Waals surface area contributed by atoms with Crippen molar-refractivity contribution in [2.75, 3.05) is 20.1 Å². The molecule has 2 N–H and O–H groups in total. The summed E-state index contributed by atoms with van der Waals surface area (Å²) in [4.78, 5) is 2.43. The first-order valence-corrected chi connectivity index (χ1v) is 6.95. The number of hydrogen-bond donors (Lipinski definition) is 1. The van der Waals surface area contributed by atoms with Gasteiger partial charge in [0.15, 0.2) is 0 Å². The van der Waals surface area contributed by atoms with Crippen molar-refractivity contribution in [3.05, 3.63) is 34.9 Å². The summed E-state index contributed by atoms with van der Waals surface area (Å²) in [6.45, 7) is 6.39. The molecule has 1 aromatic rings. The molecule has 0 bridgehead atoms. The summed E-state index contributed by atoms with van der Waals surface area (Å²) in [5.74, 6) is 0. The summed E-state index contributed by atoms with van der Waals surface area (Å²) < 4.78 is 0. The van der Waals surface area contributed by atoms with Gasteiger partial charge >= 0.3 is 0 Å². The third kappa shape index (κ3) is 2.42. The van der Waals surface area contributed by atoms with Crippen LogP contribution in [0.25, 0.3) is 0 Å². The molecular formula is C15H23ClN2. The van der Waals surface area contributed by atoms with Gasteiger partial charge in [-0.1, -0.05) is 23.7 Å². The Balaban J connectivity index is 2.34. The van der Waals surface area contributed by atoms with Gasteiger partial charge in [-0.2, -0.15) is 0 Å². The maximum atomic E-state index is 6.12. The number of nitrogens with two attached hydrogens (primary N) is 1. The van der Waals surface area contributed by atoms with E-state index in [0.717, 1.165) is 24.4 Å². The van der Waals surface area contributed by atoms with Gasteiger partial charge in [-0.25, -0.2) is 0 Å². The fourth-order valence-corrected chi connectivity index (χ4v) is 3.20. The summed E-state index contributed by atoms with van der Waals surface area (Å²) in [6.07, 6.45) is 2.21. The molecule has 2 nitrogen and oxygen atoms in total. The first-order chi connectivity index (χ1) is 8.39. The molecule has 1 unspecified atom stereocenters. The van der Waals surface area contributed by atoms with E-state index in [1.165, 1.54) is 5.56 Å². The molecule has 1 saturated heterocycles. The van der Waals surface area contributed by atoms with E-state index in [9.17, 15) is 0 Å². The normalized spacial score (nSPS) is 28.3. The zero-order valence-electron chi connectivity index (χ0n) is 11.5. The minimum absolute atomic E-state index is 0.0978. The zero-order valence-corrected chi connectivity index (χ0v) is 12.3. The van der Waals surface area contributed by atoms with Crippen LogP contribution < -0.4 is 5.73 Å². The van der Waals surface area contributed by atoms with Crippen molar-refractivity contribution >= 4 is 11.6 Å². The first-order valence-electron chi connectivity index (χ1n) is 6.57. The lowest BCUT2D eigenvalue weighted by molar-refractivity contribution is 0.0567. The van der Waals surface area contributed by atoms with Gasteiger partial charge in [-0.05, 0) is 58.0 Å². The number of nitrogens with zero attached hydrogens (tertiary/aromatic N) is 1. The number of hydrogen-bond acceptors (Lipinski definition) is 2. The highest BCUT2D eigenvalue weighted by Crippen LogP contribution is 2.41. The highest BCUT2D eigenvalue weighted by atomic mass is 35.5. The number of likely N-dealkylation sites (tertiary alicyclic amines) is 1. The fourth-order valence-electron chi connectivity index (χ4n) is 3.08.